The lowest BCUT2D eigenvalue weighted by Crippen LogP contribution is -2.21. The molecule has 0 unspecified atom stereocenters. The molecule has 2 heterocycles. The average molecular weight is 284 g/mol. The molecule has 0 aliphatic heterocycles. The number of rotatable bonds is 3. The van der Waals surface area contributed by atoms with Gasteiger partial charge in [0.2, 0.25) is 5.91 Å². The summed E-state index contributed by atoms with van der Waals surface area (Å²) in [7, 11) is 0. The van der Waals surface area contributed by atoms with E-state index in [0.717, 1.165) is 11.4 Å². The lowest BCUT2D eigenvalue weighted by atomic mass is 10.2. The van der Waals surface area contributed by atoms with Crippen LogP contribution < -0.4 is 5.32 Å². The highest BCUT2D eigenvalue weighted by Crippen LogP contribution is 2.18. The van der Waals surface area contributed by atoms with Crippen LogP contribution in [0.4, 0.5) is 5.82 Å². The summed E-state index contributed by atoms with van der Waals surface area (Å²) in [5, 5.41) is 16.0. The fourth-order valence-corrected chi connectivity index (χ4v) is 1.77. The summed E-state index contributed by atoms with van der Waals surface area (Å²) in [4.78, 5) is 20.5. The first-order valence-corrected chi connectivity index (χ1v) is 6.54. The third kappa shape index (κ3) is 3.05. The molecular formula is C14H16N6O. The molecule has 108 valence electrons. The summed E-state index contributed by atoms with van der Waals surface area (Å²) in [5.41, 5.74) is 1.84. The molecule has 2 aromatic heterocycles. The van der Waals surface area contributed by atoms with Gasteiger partial charge in [0.15, 0.2) is 5.82 Å². The number of nitriles is 1. The summed E-state index contributed by atoms with van der Waals surface area (Å²) in [6.07, 6.45) is 1.39. The molecule has 0 radical (unpaired) electrons. The van der Waals surface area contributed by atoms with Crippen molar-refractivity contribution in [3.8, 4) is 12.0 Å². The third-order valence-corrected chi connectivity index (χ3v) is 2.82. The average Bonchev–Trinajstić information content (AvgIpc) is 2.80. The Balaban J connectivity index is 2.52. The zero-order chi connectivity index (χ0) is 15.6. The molecule has 0 aliphatic carbocycles. The molecule has 2 aromatic rings. The molecule has 0 spiro atoms. The molecule has 0 fully saturated rings. The minimum absolute atomic E-state index is 0.197. The van der Waals surface area contributed by atoms with Crippen LogP contribution in [0.15, 0.2) is 12.3 Å². The maximum Gasteiger partial charge on any atom is 0.252 e. The minimum Gasteiger partial charge on any atom is -0.309 e. The van der Waals surface area contributed by atoms with Crippen molar-refractivity contribution in [3.05, 3.63) is 29.2 Å². The van der Waals surface area contributed by atoms with E-state index in [-0.39, 0.29) is 17.4 Å². The van der Waals surface area contributed by atoms with Crippen LogP contribution in [-0.2, 0) is 4.79 Å². The molecule has 0 atom stereocenters. The Kier molecular flexibility index (Phi) is 3.98. The van der Waals surface area contributed by atoms with Crippen molar-refractivity contribution in [2.45, 2.75) is 27.7 Å². The van der Waals surface area contributed by atoms with Gasteiger partial charge in [-0.3, -0.25) is 4.79 Å². The smallest absolute Gasteiger partial charge is 0.252 e. The second-order valence-electron chi connectivity index (χ2n) is 5.03. The largest absolute Gasteiger partial charge is 0.309 e. The van der Waals surface area contributed by atoms with Crippen molar-refractivity contribution in [1.82, 2.24) is 19.7 Å². The molecular weight excluding hydrogens is 268 g/mol. The van der Waals surface area contributed by atoms with Crippen LogP contribution in [0, 0.1) is 31.1 Å². The molecule has 0 aromatic carbocycles. The number of hydrogen-bond acceptors (Lipinski definition) is 5. The van der Waals surface area contributed by atoms with Gasteiger partial charge in [-0.15, -0.1) is 0 Å². The summed E-state index contributed by atoms with van der Waals surface area (Å²) in [5.74, 6) is 0.215. The van der Waals surface area contributed by atoms with E-state index in [9.17, 15) is 4.79 Å². The molecule has 21 heavy (non-hydrogen) atoms. The number of aryl methyl sites for hydroxylation is 2. The minimum atomic E-state index is -0.208. The standard InChI is InChI=1S/C14H16N6O/c1-8(2)13(21)19-12-11(6-15)7-16-20(12)14-17-9(3)5-10(4)18-14/h5,7-8H,1-4H3,(H,19,21). The third-order valence-electron chi connectivity index (χ3n) is 2.82. The second-order valence-corrected chi connectivity index (χ2v) is 5.03. The van der Waals surface area contributed by atoms with Gasteiger partial charge in [0.25, 0.3) is 5.95 Å². The number of nitrogens with one attached hydrogen (secondary N) is 1. The Morgan fingerprint density at radius 2 is 1.95 bits per heavy atom. The number of amides is 1. The summed E-state index contributed by atoms with van der Waals surface area (Å²) >= 11 is 0. The van der Waals surface area contributed by atoms with Crippen LogP contribution in [-0.4, -0.2) is 25.7 Å². The van der Waals surface area contributed by atoms with Gasteiger partial charge in [0, 0.05) is 17.3 Å². The number of carbonyl (C=O) groups is 1. The molecule has 0 saturated heterocycles. The van der Waals surface area contributed by atoms with E-state index in [1.807, 2.05) is 26.0 Å². The van der Waals surface area contributed by atoms with Crippen molar-refractivity contribution >= 4 is 11.7 Å². The van der Waals surface area contributed by atoms with Gasteiger partial charge in [-0.25, -0.2) is 9.97 Å². The Bertz CT molecular complexity index is 705. The summed E-state index contributed by atoms with van der Waals surface area (Å²) < 4.78 is 1.37. The summed E-state index contributed by atoms with van der Waals surface area (Å²) in [6, 6.07) is 3.84. The molecule has 1 amide bonds. The van der Waals surface area contributed by atoms with Crippen LogP contribution in [0.1, 0.15) is 30.8 Å². The van der Waals surface area contributed by atoms with Gasteiger partial charge in [-0.2, -0.15) is 15.0 Å². The molecule has 0 bridgehead atoms. The predicted octanol–water partition coefficient (Wildman–Crippen LogP) is 1.75. The van der Waals surface area contributed by atoms with Gasteiger partial charge in [0.05, 0.1) is 6.20 Å². The van der Waals surface area contributed by atoms with Crippen molar-refractivity contribution < 1.29 is 4.79 Å². The second kappa shape index (κ2) is 5.71. The first-order chi connectivity index (χ1) is 9.92. The Labute approximate surface area is 122 Å². The van der Waals surface area contributed by atoms with Crippen LogP contribution >= 0.6 is 0 Å². The van der Waals surface area contributed by atoms with Crippen molar-refractivity contribution in [1.29, 1.82) is 5.26 Å². The van der Waals surface area contributed by atoms with Crippen LogP contribution in [0.3, 0.4) is 0 Å². The monoisotopic (exact) mass is 284 g/mol. The van der Waals surface area contributed by atoms with Crippen LogP contribution in [0.5, 0.6) is 0 Å². The molecule has 7 nitrogen and oxygen atoms in total. The molecule has 7 heteroatoms. The van der Waals surface area contributed by atoms with Gasteiger partial charge in [0.1, 0.15) is 11.6 Å². The highest BCUT2D eigenvalue weighted by Gasteiger charge is 2.18. The normalized spacial score (nSPS) is 10.5. The molecule has 2 rings (SSSR count). The van der Waals surface area contributed by atoms with Crippen molar-refractivity contribution in [3.63, 3.8) is 0 Å². The highest BCUT2D eigenvalue weighted by molar-refractivity contribution is 5.92. The van der Waals surface area contributed by atoms with E-state index < -0.39 is 0 Å². The molecule has 0 aliphatic rings. The first-order valence-electron chi connectivity index (χ1n) is 6.54. The number of hydrogen-bond donors (Lipinski definition) is 1. The van der Waals surface area contributed by atoms with Gasteiger partial charge in [-0.05, 0) is 19.9 Å². The van der Waals surface area contributed by atoms with E-state index >= 15 is 0 Å². The number of carbonyl (C=O) groups excluding carboxylic acids is 1. The summed E-state index contributed by atoms with van der Waals surface area (Å²) in [6.45, 7) is 7.24. The SMILES string of the molecule is Cc1cc(C)nc(-n2ncc(C#N)c2NC(=O)C(C)C)n1. The lowest BCUT2D eigenvalue weighted by Gasteiger charge is -2.10. The van der Waals surface area contributed by atoms with E-state index in [4.69, 9.17) is 5.26 Å². The lowest BCUT2D eigenvalue weighted by molar-refractivity contribution is -0.118. The first kappa shape index (κ1) is 14.7. The molecule has 0 saturated carbocycles. The Morgan fingerprint density at radius 3 is 2.48 bits per heavy atom. The Morgan fingerprint density at radius 1 is 1.33 bits per heavy atom. The van der Waals surface area contributed by atoms with Gasteiger partial charge < -0.3 is 5.32 Å². The van der Waals surface area contributed by atoms with E-state index in [1.54, 1.807) is 13.8 Å². The zero-order valence-electron chi connectivity index (χ0n) is 12.4. The fourth-order valence-electron chi connectivity index (χ4n) is 1.77. The van der Waals surface area contributed by atoms with Crippen LogP contribution in [0.25, 0.3) is 5.95 Å². The van der Waals surface area contributed by atoms with Crippen molar-refractivity contribution in [2.24, 2.45) is 5.92 Å². The topological polar surface area (TPSA) is 96.5 Å². The predicted molar refractivity (Wildman–Crippen MR) is 76.8 cm³/mol. The molecule has 1 N–H and O–H groups in total. The maximum atomic E-state index is 11.9. The van der Waals surface area contributed by atoms with E-state index in [1.165, 1.54) is 10.9 Å². The number of aromatic nitrogens is 4. The van der Waals surface area contributed by atoms with Gasteiger partial charge >= 0.3 is 0 Å². The van der Waals surface area contributed by atoms with Crippen LogP contribution in [0.2, 0.25) is 0 Å². The van der Waals surface area contributed by atoms with E-state index in [2.05, 4.69) is 20.4 Å². The number of nitrogens with zero attached hydrogens (tertiary/aromatic N) is 5. The maximum absolute atomic E-state index is 11.9. The van der Waals surface area contributed by atoms with E-state index in [0.29, 0.717) is 11.8 Å². The number of anilines is 1. The Hall–Kier alpha value is -2.75. The quantitative estimate of drug-likeness (QED) is 0.926. The fraction of sp³-hybridized carbons (Fsp3) is 0.357. The highest BCUT2D eigenvalue weighted by atomic mass is 16.1. The van der Waals surface area contributed by atoms with Gasteiger partial charge in [-0.1, -0.05) is 13.8 Å². The van der Waals surface area contributed by atoms with Crippen molar-refractivity contribution in [2.75, 3.05) is 5.32 Å². The zero-order valence-corrected chi connectivity index (χ0v) is 12.4.